The highest BCUT2D eigenvalue weighted by Crippen LogP contribution is 2.36. The van der Waals surface area contributed by atoms with Crippen molar-refractivity contribution in [2.45, 2.75) is 13.8 Å². The summed E-state index contributed by atoms with van der Waals surface area (Å²) < 4.78 is 15.4. The Kier molecular flexibility index (Phi) is 6.94. The van der Waals surface area contributed by atoms with Gasteiger partial charge in [0.1, 0.15) is 23.1 Å². The average Bonchev–Trinajstić information content (AvgIpc) is 2.59. The molecule has 0 radical (unpaired) electrons. The molecule has 0 aliphatic carbocycles. The van der Waals surface area contributed by atoms with Gasteiger partial charge in [-0.2, -0.15) is 5.26 Å². The predicted molar refractivity (Wildman–Crippen MR) is 88.7 cm³/mol. The number of carbonyl (C=O) groups is 1. The largest absolute Gasteiger partial charge is 0.496 e. The number of nitriles is 1. The summed E-state index contributed by atoms with van der Waals surface area (Å²) in [5.74, 6) is 0.329. The van der Waals surface area contributed by atoms with Crippen molar-refractivity contribution < 1.29 is 19.0 Å². The zero-order chi connectivity index (χ0) is 17.4. The number of nitrogens with zero attached hydrogens (tertiary/aromatic N) is 2. The standard InChI is InChI=1S/C17H22N2O4/c1-6-19(7-2)13-9-15(21-3)14(16(10-13)22-4)8-12(11-18)17(20)23-5/h8-10H,6-7H2,1-5H3/b12-8+. The van der Waals surface area contributed by atoms with E-state index in [9.17, 15) is 4.79 Å². The molecule has 0 saturated carbocycles. The summed E-state index contributed by atoms with van der Waals surface area (Å²) in [6.45, 7) is 5.79. The maximum absolute atomic E-state index is 11.6. The lowest BCUT2D eigenvalue weighted by molar-refractivity contribution is -0.135. The monoisotopic (exact) mass is 318 g/mol. The van der Waals surface area contributed by atoms with Gasteiger partial charge in [-0.15, -0.1) is 0 Å². The molecule has 0 saturated heterocycles. The van der Waals surface area contributed by atoms with Crippen molar-refractivity contribution in [3.8, 4) is 17.6 Å². The lowest BCUT2D eigenvalue weighted by atomic mass is 10.1. The van der Waals surface area contributed by atoms with E-state index in [1.807, 2.05) is 18.2 Å². The normalized spacial score (nSPS) is 10.7. The number of anilines is 1. The van der Waals surface area contributed by atoms with Crippen LogP contribution in [0.2, 0.25) is 0 Å². The van der Waals surface area contributed by atoms with Crippen molar-refractivity contribution in [3.63, 3.8) is 0 Å². The molecule has 0 bridgehead atoms. The van der Waals surface area contributed by atoms with Crippen LogP contribution in [0.15, 0.2) is 17.7 Å². The third-order valence-corrected chi connectivity index (χ3v) is 3.47. The summed E-state index contributed by atoms with van der Waals surface area (Å²) in [5, 5.41) is 9.13. The molecule has 0 aromatic heterocycles. The minimum Gasteiger partial charge on any atom is -0.496 e. The highest BCUT2D eigenvalue weighted by Gasteiger charge is 2.17. The summed E-state index contributed by atoms with van der Waals surface area (Å²) in [6, 6.07) is 5.54. The first-order valence-corrected chi connectivity index (χ1v) is 7.27. The van der Waals surface area contributed by atoms with Crippen LogP contribution in [0.25, 0.3) is 6.08 Å². The fraction of sp³-hybridized carbons (Fsp3) is 0.412. The molecule has 6 nitrogen and oxygen atoms in total. The van der Waals surface area contributed by atoms with Crippen LogP contribution in [-0.2, 0) is 9.53 Å². The Morgan fingerprint density at radius 1 is 1.17 bits per heavy atom. The quantitative estimate of drug-likeness (QED) is 0.437. The minimum absolute atomic E-state index is 0.125. The van der Waals surface area contributed by atoms with E-state index in [0.29, 0.717) is 17.1 Å². The first-order valence-electron chi connectivity index (χ1n) is 7.27. The van der Waals surface area contributed by atoms with Crippen LogP contribution in [0, 0.1) is 11.3 Å². The van der Waals surface area contributed by atoms with E-state index in [1.165, 1.54) is 27.4 Å². The molecule has 1 rings (SSSR count). The number of esters is 1. The minimum atomic E-state index is -0.704. The number of methoxy groups -OCH3 is 3. The van der Waals surface area contributed by atoms with Gasteiger partial charge in [-0.25, -0.2) is 4.79 Å². The van der Waals surface area contributed by atoms with Crippen LogP contribution in [0.4, 0.5) is 5.69 Å². The molecular weight excluding hydrogens is 296 g/mol. The number of hydrogen-bond donors (Lipinski definition) is 0. The summed E-state index contributed by atoms with van der Waals surface area (Å²) >= 11 is 0. The van der Waals surface area contributed by atoms with Gasteiger partial charge >= 0.3 is 5.97 Å². The van der Waals surface area contributed by atoms with Gasteiger partial charge in [0.2, 0.25) is 0 Å². The number of benzene rings is 1. The fourth-order valence-corrected chi connectivity index (χ4v) is 2.23. The molecular formula is C17H22N2O4. The second-order valence-electron chi connectivity index (χ2n) is 4.60. The second kappa shape index (κ2) is 8.69. The molecule has 0 fully saturated rings. The second-order valence-corrected chi connectivity index (χ2v) is 4.60. The molecule has 6 heteroatoms. The molecule has 23 heavy (non-hydrogen) atoms. The summed E-state index contributed by atoms with van der Waals surface area (Å²) in [4.78, 5) is 13.8. The van der Waals surface area contributed by atoms with Crippen molar-refractivity contribution in [2.24, 2.45) is 0 Å². The molecule has 0 aliphatic heterocycles. The fourth-order valence-electron chi connectivity index (χ4n) is 2.23. The van der Waals surface area contributed by atoms with Crippen molar-refractivity contribution >= 4 is 17.7 Å². The third-order valence-electron chi connectivity index (χ3n) is 3.47. The van der Waals surface area contributed by atoms with Gasteiger partial charge < -0.3 is 19.1 Å². The molecule has 0 spiro atoms. The Hall–Kier alpha value is -2.68. The number of hydrogen-bond acceptors (Lipinski definition) is 6. The highest BCUT2D eigenvalue weighted by molar-refractivity contribution is 5.98. The van der Waals surface area contributed by atoms with E-state index < -0.39 is 5.97 Å². The Balaban J connectivity index is 3.51. The molecule has 0 heterocycles. The Morgan fingerprint density at radius 3 is 2.04 bits per heavy atom. The van der Waals surface area contributed by atoms with Gasteiger partial charge in [-0.05, 0) is 19.9 Å². The summed E-state index contributed by atoms with van der Waals surface area (Å²) in [7, 11) is 4.29. The zero-order valence-electron chi connectivity index (χ0n) is 14.2. The SMILES string of the molecule is CCN(CC)c1cc(OC)c(/C=C(\C#N)C(=O)OC)c(OC)c1. The van der Waals surface area contributed by atoms with Crippen molar-refractivity contribution in [1.29, 1.82) is 5.26 Å². The summed E-state index contributed by atoms with van der Waals surface area (Å²) in [5.41, 5.74) is 1.34. The van der Waals surface area contributed by atoms with E-state index in [-0.39, 0.29) is 5.57 Å². The van der Waals surface area contributed by atoms with E-state index in [1.54, 1.807) is 0 Å². The van der Waals surface area contributed by atoms with Gasteiger partial charge in [0.25, 0.3) is 0 Å². The van der Waals surface area contributed by atoms with Crippen molar-refractivity contribution in [3.05, 3.63) is 23.3 Å². The molecule has 1 aromatic carbocycles. The highest BCUT2D eigenvalue weighted by atomic mass is 16.5. The molecule has 1 aromatic rings. The van der Waals surface area contributed by atoms with Crippen LogP contribution in [0.5, 0.6) is 11.5 Å². The Morgan fingerprint density at radius 2 is 1.70 bits per heavy atom. The summed E-state index contributed by atoms with van der Waals surface area (Å²) in [6.07, 6.45) is 1.41. The number of carbonyl (C=O) groups excluding carboxylic acids is 1. The number of rotatable bonds is 7. The van der Waals surface area contributed by atoms with Crippen LogP contribution >= 0.6 is 0 Å². The Bertz CT molecular complexity index is 603. The zero-order valence-corrected chi connectivity index (χ0v) is 14.2. The molecule has 0 N–H and O–H groups in total. The van der Waals surface area contributed by atoms with Gasteiger partial charge in [0.05, 0.1) is 26.9 Å². The van der Waals surface area contributed by atoms with Crippen molar-refractivity contribution in [1.82, 2.24) is 0 Å². The van der Waals surface area contributed by atoms with Crippen LogP contribution < -0.4 is 14.4 Å². The van der Waals surface area contributed by atoms with E-state index >= 15 is 0 Å². The lowest BCUT2D eigenvalue weighted by Gasteiger charge is -2.23. The molecule has 124 valence electrons. The van der Waals surface area contributed by atoms with Gasteiger partial charge in [-0.3, -0.25) is 0 Å². The lowest BCUT2D eigenvalue weighted by Crippen LogP contribution is -2.21. The van der Waals surface area contributed by atoms with E-state index in [4.69, 9.17) is 14.7 Å². The topological polar surface area (TPSA) is 71.8 Å². The smallest absolute Gasteiger partial charge is 0.348 e. The first kappa shape index (κ1) is 18.4. The predicted octanol–water partition coefficient (Wildman–Crippen LogP) is 2.63. The van der Waals surface area contributed by atoms with Crippen LogP contribution in [0.3, 0.4) is 0 Å². The number of ether oxygens (including phenoxy) is 3. The molecule has 0 aliphatic rings. The van der Waals surface area contributed by atoms with Gasteiger partial charge in [0, 0.05) is 30.9 Å². The average molecular weight is 318 g/mol. The third kappa shape index (κ3) is 4.16. The van der Waals surface area contributed by atoms with Crippen molar-refractivity contribution in [2.75, 3.05) is 39.3 Å². The van der Waals surface area contributed by atoms with E-state index in [0.717, 1.165) is 18.8 Å². The molecule has 0 unspecified atom stereocenters. The molecule has 0 atom stereocenters. The van der Waals surface area contributed by atoms with Gasteiger partial charge in [-0.1, -0.05) is 0 Å². The molecule has 0 amide bonds. The van der Waals surface area contributed by atoms with Gasteiger partial charge in [0.15, 0.2) is 0 Å². The van der Waals surface area contributed by atoms with Crippen LogP contribution in [-0.4, -0.2) is 40.4 Å². The Labute approximate surface area is 136 Å². The maximum atomic E-state index is 11.6. The first-order chi connectivity index (χ1) is 11.1. The van der Waals surface area contributed by atoms with Crippen LogP contribution in [0.1, 0.15) is 19.4 Å². The van der Waals surface area contributed by atoms with E-state index in [2.05, 4.69) is 23.5 Å². The maximum Gasteiger partial charge on any atom is 0.348 e.